The van der Waals surface area contributed by atoms with Crippen LogP contribution in [-0.2, 0) is 32.0 Å². The van der Waals surface area contributed by atoms with Crippen LogP contribution >= 0.6 is 11.8 Å². The molecule has 0 aliphatic carbocycles. The zero-order valence-corrected chi connectivity index (χ0v) is 31.7. The Bertz CT molecular complexity index is 1670. The van der Waals surface area contributed by atoms with Crippen LogP contribution in [0.15, 0.2) is 84.9 Å². The third kappa shape index (κ3) is 9.54. The van der Waals surface area contributed by atoms with Crippen molar-refractivity contribution in [2.45, 2.75) is 108 Å². The highest BCUT2D eigenvalue weighted by Crippen LogP contribution is 2.37. The smallest absolute Gasteiger partial charge is 0.249 e. The fourth-order valence-corrected chi connectivity index (χ4v) is 9.92. The van der Waals surface area contributed by atoms with Gasteiger partial charge in [-0.15, -0.1) is 11.8 Å². The van der Waals surface area contributed by atoms with E-state index in [2.05, 4.69) is 29.3 Å². The summed E-state index contributed by atoms with van der Waals surface area (Å²) in [5.41, 5.74) is 4.06. The Morgan fingerprint density at radius 2 is 1.42 bits per heavy atom. The highest BCUT2D eigenvalue weighted by Gasteiger charge is 2.40. The molecule has 52 heavy (non-hydrogen) atoms. The van der Waals surface area contributed by atoms with E-state index >= 15 is 0 Å². The first-order valence-electron chi connectivity index (χ1n) is 19.5. The fraction of sp³-hybridized carbons (Fsp3) is 0.500. The largest absolute Gasteiger partial charge is 0.344 e. The molecular weight excluding hydrogens is 667 g/mol. The number of nitrogens with zero attached hydrogens (tertiary/aromatic N) is 2. The molecule has 0 aromatic heterocycles. The van der Waals surface area contributed by atoms with Gasteiger partial charge in [-0.3, -0.25) is 19.2 Å². The van der Waals surface area contributed by atoms with Crippen molar-refractivity contribution in [3.05, 3.63) is 102 Å². The summed E-state index contributed by atoms with van der Waals surface area (Å²) in [4.78, 5) is 60.4. The van der Waals surface area contributed by atoms with Crippen LogP contribution in [0.5, 0.6) is 0 Å². The second kappa shape index (κ2) is 18.2. The van der Waals surface area contributed by atoms with E-state index < -0.39 is 12.0 Å². The minimum atomic E-state index is -0.602. The Morgan fingerprint density at radius 3 is 2.13 bits per heavy atom. The number of hydrogen-bond donors (Lipinski definition) is 1. The van der Waals surface area contributed by atoms with Crippen LogP contribution in [0.25, 0.3) is 0 Å². The van der Waals surface area contributed by atoms with Crippen molar-refractivity contribution in [3.63, 3.8) is 0 Å². The monoisotopic (exact) mass is 721 g/mol. The molecule has 0 saturated carbocycles. The molecule has 1 N–H and O–H groups in total. The maximum absolute atomic E-state index is 14.3. The summed E-state index contributed by atoms with van der Waals surface area (Å²) in [5, 5.41) is 3.41. The lowest BCUT2D eigenvalue weighted by Gasteiger charge is -2.40. The van der Waals surface area contributed by atoms with E-state index in [0.29, 0.717) is 38.6 Å². The maximum atomic E-state index is 14.3. The average Bonchev–Trinajstić information content (AvgIpc) is 3.43. The van der Waals surface area contributed by atoms with Crippen molar-refractivity contribution in [1.82, 2.24) is 10.2 Å². The number of amides is 3. The first-order chi connectivity index (χ1) is 25.3. The lowest BCUT2D eigenvalue weighted by molar-refractivity contribution is -0.142. The molecule has 3 aliphatic rings. The van der Waals surface area contributed by atoms with Gasteiger partial charge < -0.3 is 15.1 Å². The SMILES string of the molecule is Cc1ccccc1N1CCCCC(NC(=O)[C@H](CCC(Cc2ccccc2)C(=O)C[C@H]2CCS[C@H]3CCC[C@@H](C)N3C2=O)Cc2ccccc2)C1=O. The Kier molecular flexibility index (Phi) is 13.3. The van der Waals surface area contributed by atoms with Crippen LogP contribution in [0.4, 0.5) is 5.69 Å². The number of para-hydroxylation sites is 1. The van der Waals surface area contributed by atoms with Gasteiger partial charge in [0.2, 0.25) is 17.7 Å². The van der Waals surface area contributed by atoms with Crippen LogP contribution in [0.2, 0.25) is 0 Å². The van der Waals surface area contributed by atoms with Gasteiger partial charge in [0.05, 0.1) is 5.37 Å². The summed E-state index contributed by atoms with van der Waals surface area (Å²) in [7, 11) is 0. The van der Waals surface area contributed by atoms with Gasteiger partial charge in [-0.25, -0.2) is 0 Å². The molecule has 276 valence electrons. The minimum absolute atomic E-state index is 0.0627. The highest BCUT2D eigenvalue weighted by atomic mass is 32.2. The standard InChI is InChI=1S/C44H55N3O4S/c1-31-14-9-10-21-39(31)46-26-12-11-20-38(44(46)51)45-42(49)36(29-34-18-7-4-8-19-34)24-23-35(28-33-16-5-3-6-17-33)40(48)30-37-25-27-52-41-22-13-15-32(2)47(41)43(37)50/h3-10,14,16-19,21,32,35-38,41H,11-13,15,20,22-30H2,1-2H3,(H,45,49)/t32-,35?,36-,37-,38?,41+/m1/s1. The van der Waals surface area contributed by atoms with E-state index in [4.69, 9.17) is 0 Å². The molecule has 6 rings (SSSR count). The minimum Gasteiger partial charge on any atom is -0.344 e. The summed E-state index contributed by atoms with van der Waals surface area (Å²) in [6.45, 7) is 4.79. The van der Waals surface area contributed by atoms with Gasteiger partial charge >= 0.3 is 0 Å². The molecule has 3 aliphatic heterocycles. The number of thioether (sulfide) groups is 1. The van der Waals surface area contributed by atoms with E-state index in [1.165, 1.54) is 0 Å². The van der Waals surface area contributed by atoms with Crippen molar-refractivity contribution in [3.8, 4) is 0 Å². The van der Waals surface area contributed by atoms with E-state index in [1.54, 1.807) is 0 Å². The summed E-state index contributed by atoms with van der Waals surface area (Å²) >= 11 is 1.87. The van der Waals surface area contributed by atoms with Crippen LogP contribution in [0.1, 0.15) is 87.8 Å². The van der Waals surface area contributed by atoms with E-state index in [1.807, 2.05) is 96.4 Å². The lowest BCUT2D eigenvalue weighted by Crippen LogP contribution is -2.49. The number of ketones is 1. The van der Waals surface area contributed by atoms with Gasteiger partial charge in [-0.2, -0.15) is 0 Å². The molecule has 3 aromatic rings. The molecule has 0 bridgehead atoms. The zero-order chi connectivity index (χ0) is 36.5. The predicted octanol–water partition coefficient (Wildman–Crippen LogP) is 7.93. The number of carbonyl (C=O) groups excluding carboxylic acids is 4. The lowest BCUT2D eigenvalue weighted by atomic mass is 9.82. The Morgan fingerprint density at radius 1 is 0.769 bits per heavy atom. The van der Waals surface area contributed by atoms with Crippen LogP contribution in [0, 0.1) is 24.7 Å². The molecular formula is C44H55N3O4S. The molecule has 3 aromatic carbocycles. The summed E-state index contributed by atoms with van der Waals surface area (Å²) in [5.74, 6) is -0.0884. The number of anilines is 1. The maximum Gasteiger partial charge on any atom is 0.249 e. The number of rotatable bonds is 13. The molecule has 8 heteroatoms. The van der Waals surface area contributed by atoms with Gasteiger partial charge in [0.25, 0.3) is 0 Å². The molecule has 2 unspecified atom stereocenters. The van der Waals surface area contributed by atoms with E-state index in [9.17, 15) is 19.2 Å². The molecule has 3 fully saturated rings. The number of hydrogen-bond acceptors (Lipinski definition) is 5. The Hall–Kier alpha value is -3.91. The number of fused-ring (bicyclic) bond motifs is 1. The van der Waals surface area contributed by atoms with Crippen molar-refractivity contribution in [2.24, 2.45) is 17.8 Å². The molecule has 6 atom stereocenters. The molecule has 3 amide bonds. The fourth-order valence-electron chi connectivity index (χ4n) is 8.42. The second-order valence-corrected chi connectivity index (χ2v) is 16.5. The van der Waals surface area contributed by atoms with Crippen LogP contribution in [-0.4, -0.2) is 58.2 Å². The van der Waals surface area contributed by atoms with Crippen LogP contribution < -0.4 is 10.2 Å². The predicted molar refractivity (Wildman–Crippen MR) is 210 cm³/mol. The number of carbonyl (C=O) groups is 4. The highest BCUT2D eigenvalue weighted by molar-refractivity contribution is 7.99. The normalized spacial score (nSPS) is 23.6. The summed E-state index contributed by atoms with van der Waals surface area (Å²) in [6, 6.07) is 27.6. The summed E-state index contributed by atoms with van der Waals surface area (Å²) < 4.78 is 0. The van der Waals surface area contributed by atoms with Gasteiger partial charge in [-0.1, -0.05) is 78.9 Å². The van der Waals surface area contributed by atoms with E-state index in [-0.39, 0.29) is 53.2 Å². The third-order valence-electron chi connectivity index (χ3n) is 11.4. The van der Waals surface area contributed by atoms with Crippen LogP contribution in [0.3, 0.4) is 0 Å². The van der Waals surface area contributed by atoms with E-state index in [0.717, 1.165) is 66.7 Å². The number of benzene rings is 3. The molecule has 3 saturated heterocycles. The average molecular weight is 722 g/mol. The summed E-state index contributed by atoms with van der Waals surface area (Å²) in [6.07, 6.45) is 8.62. The molecule has 7 nitrogen and oxygen atoms in total. The van der Waals surface area contributed by atoms with Crippen molar-refractivity contribution in [1.29, 1.82) is 0 Å². The number of piperidine rings is 1. The Balaban J connectivity index is 1.19. The first kappa shape index (κ1) is 37.8. The number of Topliss-reactive ketones (excluding diaryl/α,β-unsaturated/α-hetero) is 1. The van der Waals surface area contributed by atoms with Crippen molar-refractivity contribution in [2.75, 3.05) is 17.2 Å². The number of aryl methyl sites for hydroxylation is 1. The third-order valence-corrected chi connectivity index (χ3v) is 12.8. The molecule has 0 spiro atoms. The van der Waals surface area contributed by atoms with Crippen molar-refractivity contribution < 1.29 is 19.2 Å². The van der Waals surface area contributed by atoms with Gasteiger partial charge in [0.1, 0.15) is 11.8 Å². The Labute approximate surface area is 314 Å². The van der Waals surface area contributed by atoms with Crippen molar-refractivity contribution >= 4 is 41.0 Å². The topological polar surface area (TPSA) is 86.8 Å². The zero-order valence-electron chi connectivity index (χ0n) is 30.9. The quantitative estimate of drug-likeness (QED) is 0.194. The number of nitrogens with one attached hydrogen (secondary N) is 1. The molecule has 3 heterocycles. The second-order valence-electron chi connectivity index (χ2n) is 15.2. The first-order valence-corrected chi connectivity index (χ1v) is 20.5. The molecule has 0 radical (unpaired) electrons. The van der Waals surface area contributed by atoms with Gasteiger partial charge in [-0.05, 0) is 113 Å². The van der Waals surface area contributed by atoms with Gasteiger partial charge in [0.15, 0.2) is 0 Å². The van der Waals surface area contributed by atoms with Gasteiger partial charge in [0, 0.05) is 42.4 Å².